The molecule has 5 nitrogen and oxygen atoms in total. The van der Waals surface area contributed by atoms with E-state index in [1.807, 2.05) is 0 Å². The van der Waals surface area contributed by atoms with Gasteiger partial charge in [0.2, 0.25) is 5.88 Å². The third-order valence-electron chi connectivity index (χ3n) is 2.33. The highest BCUT2D eigenvalue weighted by molar-refractivity contribution is 5.90. The van der Waals surface area contributed by atoms with Crippen molar-refractivity contribution in [2.24, 2.45) is 0 Å². The SMILES string of the molecule is CCOC(=O)Oc1[nH]c2ccc(F)cc2c1OC. The highest BCUT2D eigenvalue weighted by Crippen LogP contribution is 2.36. The molecule has 0 spiro atoms. The molecule has 0 saturated carbocycles. The Labute approximate surface area is 102 Å². The van der Waals surface area contributed by atoms with Gasteiger partial charge in [0.15, 0.2) is 5.75 Å². The number of methoxy groups -OCH3 is 1. The van der Waals surface area contributed by atoms with Crippen LogP contribution in [0.25, 0.3) is 10.9 Å². The average molecular weight is 253 g/mol. The maximum atomic E-state index is 13.1. The number of aromatic nitrogens is 1. The van der Waals surface area contributed by atoms with Gasteiger partial charge in [-0.05, 0) is 25.1 Å². The number of halogens is 1. The number of rotatable bonds is 3. The topological polar surface area (TPSA) is 60.5 Å². The quantitative estimate of drug-likeness (QED) is 0.854. The largest absolute Gasteiger partial charge is 0.515 e. The lowest BCUT2D eigenvalue weighted by molar-refractivity contribution is 0.102. The van der Waals surface area contributed by atoms with Gasteiger partial charge in [-0.15, -0.1) is 0 Å². The number of fused-ring (bicyclic) bond motifs is 1. The second kappa shape index (κ2) is 4.95. The van der Waals surface area contributed by atoms with Crippen LogP contribution in [0.2, 0.25) is 0 Å². The van der Waals surface area contributed by atoms with Crippen LogP contribution in [-0.4, -0.2) is 24.9 Å². The van der Waals surface area contributed by atoms with Gasteiger partial charge >= 0.3 is 6.16 Å². The zero-order valence-corrected chi connectivity index (χ0v) is 9.95. The summed E-state index contributed by atoms with van der Waals surface area (Å²) in [5, 5.41) is 0.497. The van der Waals surface area contributed by atoms with Crippen molar-refractivity contribution in [2.45, 2.75) is 6.92 Å². The summed E-state index contributed by atoms with van der Waals surface area (Å²) in [5.74, 6) is -0.0448. The Morgan fingerprint density at radius 1 is 1.44 bits per heavy atom. The van der Waals surface area contributed by atoms with Gasteiger partial charge in [0.25, 0.3) is 0 Å². The molecule has 1 N–H and O–H groups in total. The molecular weight excluding hydrogens is 241 g/mol. The van der Waals surface area contributed by atoms with Crippen LogP contribution in [0.15, 0.2) is 18.2 Å². The van der Waals surface area contributed by atoms with Crippen LogP contribution in [0.4, 0.5) is 9.18 Å². The molecule has 18 heavy (non-hydrogen) atoms. The van der Waals surface area contributed by atoms with Crippen LogP contribution in [0, 0.1) is 5.82 Å². The Bertz CT molecular complexity index is 579. The van der Waals surface area contributed by atoms with Crippen LogP contribution >= 0.6 is 0 Å². The minimum Gasteiger partial charge on any atom is -0.491 e. The Hall–Kier alpha value is -2.24. The van der Waals surface area contributed by atoms with Crippen LogP contribution in [0.1, 0.15) is 6.92 Å². The summed E-state index contributed by atoms with van der Waals surface area (Å²) in [4.78, 5) is 14.0. The summed E-state index contributed by atoms with van der Waals surface area (Å²) in [6.07, 6.45) is -0.845. The molecule has 1 aromatic carbocycles. The maximum Gasteiger partial charge on any atom is 0.515 e. The molecule has 0 saturated heterocycles. The van der Waals surface area contributed by atoms with E-state index < -0.39 is 12.0 Å². The Balaban J connectivity index is 2.41. The molecule has 0 aliphatic carbocycles. The molecule has 0 aliphatic heterocycles. The third-order valence-corrected chi connectivity index (χ3v) is 2.33. The molecule has 0 aliphatic rings. The maximum absolute atomic E-state index is 13.1. The normalized spacial score (nSPS) is 10.4. The first-order valence-corrected chi connectivity index (χ1v) is 5.35. The minimum absolute atomic E-state index is 0.0940. The summed E-state index contributed by atoms with van der Waals surface area (Å²) < 4.78 is 27.8. The zero-order chi connectivity index (χ0) is 13.1. The van der Waals surface area contributed by atoms with Crippen LogP contribution < -0.4 is 9.47 Å². The van der Waals surface area contributed by atoms with Crippen molar-refractivity contribution in [2.75, 3.05) is 13.7 Å². The average Bonchev–Trinajstić information content (AvgIpc) is 2.65. The number of H-pyrrole nitrogens is 1. The van der Waals surface area contributed by atoms with Gasteiger partial charge in [0, 0.05) is 5.39 Å². The summed E-state index contributed by atoms with van der Waals surface area (Å²) in [6.45, 7) is 1.87. The summed E-state index contributed by atoms with van der Waals surface area (Å²) in [7, 11) is 1.41. The standard InChI is InChI=1S/C12H12FNO4/c1-3-17-12(15)18-11-10(16-2)8-6-7(13)4-5-9(8)14-11/h4-6,14H,3H2,1-2H3. The lowest BCUT2D eigenvalue weighted by Crippen LogP contribution is -2.10. The van der Waals surface area contributed by atoms with Crippen molar-refractivity contribution >= 4 is 17.1 Å². The second-order valence-electron chi connectivity index (χ2n) is 3.46. The second-order valence-corrected chi connectivity index (χ2v) is 3.46. The molecule has 0 bridgehead atoms. The third kappa shape index (κ3) is 2.22. The number of aromatic amines is 1. The molecule has 0 radical (unpaired) electrons. The first-order valence-electron chi connectivity index (χ1n) is 5.35. The van der Waals surface area contributed by atoms with E-state index in [9.17, 15) is 9.18 Å². The van der Waals surface area contributed by atoms with E-state index in [1.165, 1.54) is 25.3 Å². The molecule has 0 amide bonds. The molecule has 2 aromatic rings. The van der Waals surface area contributed by atoms with E-state index in [4.69, 9.17) is 9.47 Å². The van der Waals surface area contributed by atoms with Crippen molar-refractivity contribution < 1.29 is 23.4 Å². The van der Waals surface area contributed by atoms with Gasteiger partial charge in [-0.25, -0.2) is 9.18 Å². The van der Waals surface area contributed by atoms with Crippen LogP contribution in [0.5, 0.6) is 11.6 Å². The minimum atomic E-state index is -0.845. The van der Waals surface area contributed by atoms with Gasteiger partial charge in [0.05, 0.1) is 19.2 Å². The first-order chi connectivity index (χ1) is 8.65. The predicted molar refractivity (Wildman–Crippen MR) is 62.5 cm³/mol. The highest BCUT2D eigenvalue weighted by atomic mass is 19.1. The molecular formula is C12H12FNO4. The smallest absolute Gasteiger partial charge is 0.491 e. The Morgan fingerprint density at radius 3 is 2.89 bits per heavy atom. The molecule has 6 heteroatoms. The first kappa shape index (κ1) is 12.2. The molecule has 0 fully saturated rings. The predicted octanol–water partition coefficient (Wildman–Crippen LogP) is 2.85. The fourth-order valence-electron chi connectivity index (χ4n) is 1.62. The Morgan fingerprint density at radius 2 is 2.22 bits per heavy atom. The number of hydrogen-bond donors (Lipinski definition) is 1. The Kier molecular flexibility index (Phi) is 3.36. The van der Waals surface area contributed by atoms with Gasteiger partial charge in [0.1, 0.15) is 5.82 Å². The number of carbonyl (C=O) groups is 1. The molecule has 96 valence electrons. The van der Waals surface area contributed by atoms with E-state index in [-0.39, 0.29) is 18.2 Å². The molecule has 1 heterocycles. The lowest BCUT2D eigenvalue weighted by atomic mass is 10.2. The highest BCUT2D eigenvalue weighted by Gasteiger charge is 2.17. The van der Waals surface area contributed by atoms with E-state index in [2.05, 4.69) is 9.72 Å². The number of carbonyl (C=O) groups excluding carboxylic acids is 1. The van der Waals surface area contributed by atoms with Crippen molar-refractivity contribution in [3.8, 4) is 11.6 Å². The fourth-order valence-corrected chi connectivity index (χ4v) is 1.62. The fraction of sp³-hybridized carbons (Fsp3) is 0.250. The van der Waals surface area contributed by atoms with Crippen molar-refractivity contribution in [1.82, 2.24) is 4.98 Å². The van der Waals surface area contributed by atoms with Crippen LogP contribution in [0.3, 0.4) is 0 Å². The van der Waals surface area contributed by atoms with Crippen LogP contribution in [-0.2, 0) is 4.74 Å². The summed E-state index contributed by atoms with van der Waals surface area (Å²) in [6, 6.07) is 4.13. The van der Waals surface area contributed by atoms with E-state index >= 15 is 0 Å². The van der Waals surface area contributed by atoms with Gasteiger partial charge < -0.3 is 19.2 Å². The van der Waals surface area contributed by atoms with E-state index in [0.717, 1.165) is 0 Å². The van der Waals surface area contributed by atoms with Gasteiger partial charge in [-0.2, -0.15) is 0 Å². The number of nitrogens with one attached hydrogen (secondary N) is 1. The van der Waals surface area contributed by atoms with Gasteiger partial charge in [-0.1, -0.05) is 0 Å². The number of benzene rings is 1. The monoisotopic (exact) mass is 253 g/mol. The van der Waals surface area contributed by atoms with Crippen molar-refractivity contribution in [3.63, 3.8) is 0 Å². The molecule has 1 aromatic heterocycles. The molecule has 2 rings (SSSR count). The molecule has 0 atom stereocenters. The van der Waals surface area contributed by atoms with E-state index in [1.54, 1.807) is 6.92 Å². The van der Waals surface area contributed by atoms with Gasteiger partial charge in [-0.3, -0.25) is 0 Å². The van der Waals surface area contributed by atoms with Crippen molar-refractivity contribution in [1.29, 1.82) is 0 Å². The van der Waals surface area contributed by atoms with Crippen molar-refractivity contribution in [3.05, 3.63) is 24.0 Å². The molecule has 0 unspecified atom stereocenters. The van der Waals surface area contributed by atoms with E-state index in [0.29, 0.717) is 10.9 Å². The summed E-state index contributed by atoms with van der Waals surface area (Å²) in [5.41, 5.74) is 0.604. The number of ether oxygens (including phenoxy) is 3. The lowest BCUT2D eigenvalue weighted by Gasteiger charge is -2.04. The summed E-state index contributed by atoms with van der Waals surface area (Å²) >= 11 is 0. The number of hydrogen-bond acceptors (Lipinski definition) is 4. The zero-order valence-electron chi connectivity index (χ0n) is 9.95.